The number of rotatable bonds is 9. The summed E-state index contributed by atoms with van der Waals surface area (Å²) in [7, 11) is 0. The maximum absolute atomic E-state index is 12.4. The van der Waals surface area contributed by atoms with E-state index in [0.29, 0.717) is 24.0 Å². The Bertz CT molecular complexity index is 673. The summed E-state index contributed by atoms with van der Waals surface area (Å²) in [6.07, 6.45) is -0.231. The van der Waals surface area contributed by atoms with Gasteiger partial charge in [-0.05, 0) is 43.9 Å². The highest BCUT2D eigenvalue weighted by atomic mass is 35.5. The number of alkyl halides is 3. The predicted octanol–water partition coefficient (Wildman–Crippen LogP) is 5.48. The van der Waals surface area contributed by atoms with E-state index in [1.165, 1.54) is 18.2 Å². The maximum atomic E-state index is 12.4. The van der Waals surface area contributed by atoms with Crippen molar-refractivity contribution in [2.24, 2.45) is 0 Å². The van der Waals surface area contributed by atoms with Crippen LogP contribution in [0.2, 0.25) is 5.02 Å². The number of unbranched alkanes of at least 4 members (excludes halogenated alkanes) is 3. The van der Waals surface area contributed by atoms with Gasteiger partial charge in [-0.1, -0.05) is 11.6 Å². The molecule has 0 spiro atoms. The van der Waals surface area contributed by atoms with Crippen LogP contribution in [0.3, 0.4) is 0 Å². The van der Waals surface area contributed by atoms with Crippen molar-refractivity contribution in [3.05, 3.63) is 47.1 Å². The van der Waals surface area contributed by atoms with E-state index in [1.807, 2.05) is 0 Å². The summed E-state index contributed by atoms with van der Waals surface area (Å²) in [6.45, 7) is 0.891. The molecule has 0 radical (unpaired) electrons. The van der Waals surface area contributed by atoms with Gasteiger partial charge in [-0.25, -0.2) is 4.98 Å². The van der Waals surface area contributed by atoms with Crippen LogP contribution in [0.1, 0.15) is 31.2 Å². The van der Waals surface area contributed by atoms with Crippen molar-refractivity contribution in [1.29, 1.82) is 0 Å². The van der Waals surface area contributed by atoms with Crippen LogP contribution in [-0.2, 0) is 6.18 Å². The molecule has 2 aromatic rings. The minimum Gasteiger partial charge on any atom is -0.508 e. The van der Waals surface area contributed by atoms with Crippen molar-refractivity contribution in [1.82, 2.24) is 4.98 Å². The van der Waals surface area contributed by atoms with Gasteiger partial charge in [0.2, 0.25) is 5.88 Å². The first-order valence-corrected chi connectivity index (χ1v) is 8.51. The molecule has 0 unspecified atom stereocenters. The van der Waals surface area contributed by atoms with Gasteiger partial charge in [0.05, 0.1) is 18.8 Å². The molecule has 0 amide bonds. The first-order chi connectivity index (χ1) is 12.3. The van der Waals surface area contributed by atoms with Crippen LogP contribution in [0.25, 0.3) is 0 Å². The predicted molar refractivity (Wildman–Crippen MR) is 91.8 cm³/mol. The van der Waals surface area contributed by atoms with E-state index >= 15 is 0 Å². The number of phenols is 1. The average molecular weight is 390 g/mol. The monoisotopic (exact) mass is 389 g/mol. The zero-order chi connectivity index (χ0) is 19.0. The van der Waals surface area contributed by atoms with Crippen molar-refractivity contribution in [3.63, 3.8) is 0 Å². The zero-order valence-electron chi connectivity index (χ0n) is 13.9. The topological polar surface area (TPSA) is 51.6 Å². The number of phenolic OH excluding ortho intramolecular Hbond substituents is 1. The number of aromatic nitrogens is 1. The summed E-state index contributed by atoms with van der Waals surface area (Å²) in [5, 5.41) is 9.81. The second-order valence-corrected chi connectivity index (χ2v) is 6.08. The quantitative estimate of drug-likeness (QED) is 0.577. The van der Waals surface area contributed by atoms with Crippen LogP contribution in [0, 0.1) is 0 Å². The zero-order valence-corrected chi connectivity index (χ0v) is 14.7. The number of hydrogen-bond donors (Lipinski definition) is 1. The molecule has 2 rings (SSSR count). The first-order valence-electron chi connectivity index (χ1n) is 8.13. The standard InChI is InChI=1S/C18H19ClF3NO3/c19-14-9-15(24)11-16(10-14)25-7-3-1-2-4-8-26-17-6-5-13(12-23-17)18(20,21)22/h5-6,9-12,24H,1-4,7-8H2. The number of benzene rings is 1. The molecule has 4 nitrogen and oxygen atoms in total. The van der Waals surface area contributed by atoms with Crippen LogP contribution in [-0.4, -0.2) is 23.3 Å². The van der Waals surface area contributed by atoms with Crippen LogP contribution >= 0.6 is 11.6 Å². The number of aromatic hydroxyl groups is 1. The normalized spacial score (nSPS) is 11.4. The molecule has 0 saturated carbocycles. The Hall–Kier alpha value is -2.15. The third-order valence-corrected chi connectivity index (χ3v) is 3.70. The number of pyridine rings is 1. The highest BCUT2D eigenvalue weighted by Crippen LogP contribution is 2.29. The molecule has 0 aliphatic rings. The fourth-order valence-corrected chi connectivity index (χ4v) is 2.41. The maximum Gasteiger partial charge on any atom is 0.417 e. The second kappa shape index (κ2) is 9.52. The number of hydrogen-bond acceptors (Lipinski definition) is 4. The molecule has 8 heteroatoms. The van der Waals surface area contributed by atoms with E-state index in [4.69, 9.17) is 21.1 Å². The summed E-state index contributed by atoms with van der Waals surface area (Å²) in [5.74, 6) is 0.760. The first kappa shape index (κ1) is 20.2. The van der Waals surface area contributed by atoms with Gasteiger partial charge >= 0.3 is 6.18 Å². The lowest BCUT2D eigenvalue weighted by Crippen LogP contribution is -2.06. The van der Waals surface area contributed by atoms with E-state index < -0.39 is 11.7 Å². The van der Waals surface area contributed by atoms with Crippen molar-refractivity contribution < 1.29 is 27.8 Å². The molecular weight excluding hydrogens is 371 g/mol. The van der Waals surface area contributed by atoms with Crippen LogP contribution < -0.4 is 9.47 Å². The van der Waals surface area contributed by atoms with E-state index in [-0.39, 0.29) is 11.6 Å². The molecule has 0 fully saturated rings. The smallest absolute Gasteiger partial charge is 0.417 e. The fraction of sp³-hybridized carbons (Fsp3) is 0.389. The number of ether oxygens (including phenoxy) is 2. The van der Waals surface area contributed by atoms with E-state index in [1.54, 1.807) is 6.07 Å². The third kappa shape index (κ3) is 7.00. The molecule has 1 aromatic carbocycles. The SMILES string of the molecule is Oc1cc(Cl)cc(OCCCCCCOc2ccc(C(F)(F)F)cn2)c1. The molecule has 1 N–H and O–H groups in total. The van der Waals surface area contributed by atoms with Crippen molar-refractivity contribution in [2.45, 2.75) is 31.9 Å². The van der Waals surface area contributed by atoms with E-state index in [0.717, 1.165) is 37.9 Å². The van der Waals surface area contributed by atoms with Crippen molar-refractivity contribution >= 4 is 11.6 Å². The van der Waals surface area contributed by atoms with Crippen LogP contribution in [0.15, 0.2) is 36.5 Å². The van der Waals surface area contributed by atoms with Gasteiger partial charge in [-0.2, -0.15) is 13.2 Å². The molecule has 26 heavy (non-hydrogen) atoms. The Morgan fingerprint density at radius 3 is 2.23 bits per heavy atom. The minimum absolute atomic E-state index is 0.0570. The lowest BCUT2D eigenvalue weighted by molar-refractivity contribution is -0.137. The minimum atomic E-state index is -4.39. The molecule has 142 valence electrons. The Morgan fingerprint density at radius 1 is 0.962 bits per heavy atom. The molecule has 1 aromatic heterocycles. The number of nitrogens with zero attached hydrogens (tertiary/aromatic N) is 1. The van der Waals surface area contributed by atoms with Gasteiger partial charge in [0.25, 0.3) is 0 Å². The summed E-state index contributed by atoms with van der Waals surface area (Å²) < 4.78 is 48.1. The molecular formula is C18H19ClF3NO3. The van der Waals surface area contributed by atoms with E-state index in [2.05, 4.69) is 4.98 Å². The van der Waals surface area contributed by atoms with Gasteiger partial charge in [0.1, 0.15) is 11.5 Å². The Morgan fingerprint density at radius 2 is 1.65 bits per heavy atom. The van der Waals surface area contributed by atoms with E-state index in [9.17, 15) is 18.3 Å². The highest BCUT2D eigenvalue weighted by Gasteiger charge is 2.30. The molecule has 0 atom stereocenters. The Labute approximate surface area is 154 Å². The summed E-state index contributed by atoms with van der Waals surface area (Å²) >= 11 is 5.81. The summed E-state index contributed by atoms with van der Waals surface area (Å²) in [4.78, 5) is 3.65. The average Bonchev–Trinajstić information content (AvgIpc) is 2.56. The van der Waals surface area contributed by atoms with Crippen molar-refractivity contribution in [2.75, 3.05) is 13.2 Å². The molecule has 0 saturated heterocycles. The fourth-order valence-electron chi connectivity index (χ4n) is 2.19. The van der Waals surface area contributed by atoms with Crippen LogP contribution in [0.5, 0.6) is 17.4 Å². The second-order valence-electron chi connectivity index (χ2n) is 5.64. The lowest BCUT2D eigenvalue weighted by atomic mass is 10.2. The summed E-state index contributed by atoms with van der Waals surface area (Å²) in [5.41, 5.74) is -0.794. The highest BCUT2D eigenvalue weighted by molar-refractivity contribution is 6.30. The molecule has 0 aliphatic carbocycles. The van der Waals surface area contributed by atoms with Gasteiger partial charge in [0.15, 0.2) is 0 Å². The lowest BCUT2D eigenvalue weighted by Gasteiger charge is -2.09. The van der Waals surface area contributed by atoms with Gasteiger partial charge in [-0.15, -0.1) is 0 Å². The van der Waals surface area contributed by atoms with Crippen molar-refractivity contribution in [3.8, 4) is 17.4 Å². The Kier molecular flexibility index (Phi) is 7.38. The molecule has 1 heterocycles. The largest absolute Gasteiger partial charge is 0.508 e. The van der Waals surface area contributed by atoms with Gasteiger partial charge in [0, 0.05) is 23.4 Å². The van der Waals surface area contributed by atoms with Gasteiger partial charge < -0.3 is 14.6 Å². The Balaban J connectivity index is 1.55. The summed E-state index contributed by atoms with van der Waals surface area (Å²) in [6, 6.07) is 6.73. The van der Waals surface area contributed by atoms with Gasteiger partial charge in [-0.3, -0.25) is 0 Å². The van der Waals surface area contributed by atoms with Crippen LogP contribution in [0.4, 0.5) is 13.2 Å². The third-order valence-electron chi connectivity index (χ3n) is 3.48. The number of halogens is 4. The molecule has 0 aliphatic heterocycles. The molecule has 0 bridgehead atoms.